The van der Waals surface area contributed by atoms with Gasteiger partial charge in [0.15, 0.2) is 5.17 Å². The van der Waals surface area contributed by atoms with Crippen LogP contribution in [0.15, 0.2) is 10.2 Å². The van der Waals surface area contributed by atoms with E-state index in [0.29, 0.717) is 16.3 Å². The number of hydrogen-bond acceptors (Lipinski definition) is 4. The summed E-state index contributed by atoms with van der Waals surface area (Å²) in [5.74, 6) is 1.24. The molecule has 18 heavy (non-hydrogen) atoms. The number of amides is 1. The Morgan fingerprint density at radius 2 is 2.11 bits per heavy atom. The van der Waals surface area contributed by atoms with Crippen LogP contribution in [0.4, 0.5) is 0 Å². The molecule has 0 aromatic rings. The van der Waals surface area contributed by atoms with Gasteiger partial charge in [0.05, 0.1) is 5.75 Å². The highest BCUT2D eigenvalue weighted by Crippen LogP contribution is 2.63. The van der Waals surface area contributed by atoms with Crippen LogP contribution < -0.4 is 5.32 Å². The Labute approximate surface area is 112 Å². The van der Waals surface area contributed by atoms with Crippen LogP contribution >= 0.6 is 11.8 Å². The van der Waals surface area contributed by atoms with Gasteiger partial charge in [0, 0.05) is 11.1 Å². The second-order valence-electron chi connectivity index (χ2n) is 6.28. The third-order valence-corrected chi connectivity index (χ3v) is 6.22. The molecule has 0 radical (unpaired) electrons. The van der Waals surface area contributed by atoms with Gasteiger partial charge >= 0.3 is 0 Å². The SMILES string of the molecule is CC1(C)[C@H]2CC[C@]1(C)/C(=N/N=C1NC(=O)CS1)C2. The largest absolute Gasteiger partial charge is 0.303 e. The molecule has 2 bridgehead atoms. The molecule has 0 aromatic carbocycles. The highest BCUT2D eigenvalue weighted by molar-refractivity contribution is 8.15. The Morgan fingerprint density at radius 1 is 1.33 bits per heavy atom. The molecule has 0 aromatic heterocycles. The van der Waals surface area contributed by atoms with Crippen LogP contribution in [-0.2, 0) is 4.79 Å². The monoisotopic (exact) mass is 265 g/mol. The molecule has 1 heterocycles. The first-order chi connectivity index (χ1) is 8.43. The zero-order chi connectivity index (χ0) is 13.0. The Hall–Kier alpha value is -0.840. The molecular weight excluding hydrogens is 246 g/mol. The van der Waals surface area contributed by atoms with E-state index in [4.69, 9.17) is 0 Å². The topological polar surface area (TPSA) is 53.8 Å². The minimum Gasteiger partial charge on any atom is -0.303 e. The molecule has 0 unspecified atom stereocenters. The normalized spacial score (nSPS) is 41.9. The predicted molar refractivity (Wildman–Crippen MR) is 74.7 cm³/mol. The summed E-state index contributed by atoms with van der Waals surface area (Å²) in [6.07, 6.45) is 3.59. The van der Waals surface area contributed by atoms with E-state index in [1.54, 1.807) is 0 Å². The smallest absolute Gasteiger partial charge is 0.236 e. The highest BCUT2D eigenvalue weighted by Gasteiger charge is 2.60. The van der Waals surface area contributed by atoms with E-state index in [0.717, 1.165) is 12.3 Å². The van der Waals surface area contributed by atoms with E-state index in [1.807, 2.05) is 0 Å². The fourth-order valence-corrected chi connectivity index (χ4v) is 4.19. The summed E-state index contributed by atoms with van der Waals surface area (Å²) in [5, 5.41) is 12.1. The lowest BCUT2D eigenvalue weighted by atomic mass is 9.70. The van der Waals surface area contributed by atoms with Crippen molar-refractivity contribution in [2.24, 2.45) is 27.0 Å². The van der Waals surface area contributed by atoms with Crippen molar-refractivity contribution in [2.45, 2.75) is 40.0 Å². The number of nitrogens with one attached hydrogen (secondary N) is 1. The molecule has 3 aliphatic rings. The quantitative estimate of drug-likeness (QED) is 0.740. The van der Waals surface area contributed by atoms with E-state index in [-0.39, 0.29) is 11.3 Å². The van der Waals surface area contributed by atoms with Crippen molar-refractivity contribution in [3.05, 3.63) is 0 Å². The van der Waals surface area contributed by atoms with Crippen molar-refractivity contribution < 1.29 is 4.79 Å². The molecule has 3 fully saturated rings. The highest BCUT2D eigenvalue weighted by atomic mass is 32.2. The summed E-state index contributed by atoms with van der Waals surface area (Å²) in [6.45, 7) is 7.03. The molecule has 98 valence electrons. The standard InChI is InChI=1S/C13H19N3OS/c1-12(2)8-4-5-13(12,3)9(6-8)15-16-11-14-10(17)7-18-11/h8H,4-7H2,1-3H3,(H,14,16,17)/b15-9+/t8-,13+/m0/s1. The summed E-state index contributed by atoms with van der Waals surface area (Å²) >= 11 is 1.43. The number of fused-ring (bicyclic) bond motifs is 2. The molecule has 5 heteroatoms. The predicted octanol–water partition coefficient (Wildman–Crippen LogP) is 2.41. The van der Waals surface area contributed by atoms with Gasteiger partial charge in [0.2, 0.25) is 5.91 Å². The zero-order valence-corrected chi connectivity index (χ0v) is 11.9. The maximum absolute atomic E-state index is 11.1. The summed E-state index contributed by atoms with van der Waals surface area (Å²) in [7, 11) is 0. The first-order valence-corrected chi connectivity index (χ1v) is 7.50. The van der Waals surface area contributed by atoms with Gasteiger partial charge in [-0.1, -0.05) is 32.5 Å². The molecule has 1 amide bonds. The van der Waals surface area contributed by atoms with Crippen LogP contribution in [-0.4, -0.2) is 22.5 Å². The number of rotatable bonds is 1. The van der Waals surface area contributed by atoms with E-state index in [9.17, 15) is 4.79 Å². The number of carbonyl (C=O) groups is 1. The average Bonchev–Trinajstić information content (AvgIpc) is 2.87. The molecular formula is C13H19N3OS. The molecule has 0 spiro atoms. The minimum absolute atomic E-state index is 0.0263. The molecule has 1 N–H and O–H groups in total. The first kappa shape index (κ1) is 12.2. The lowest BCUT2D eigenvalue weighted by Gasteiger charge is -2.34. The summed E-state index contributed by atoms with van der Waals surface area (Å²) in [4.78, 5) is 11.1. The Bertz CT molecular complexity index is 469. The van der Waals surface area contributed by atoms with Crippen LogP contribution in [0, 0.1) is 16.7 Å². The molecule has 2 aliphatic carbocycles. The van der Waals surface area contributed by atoms with Gasteiger partial charge in [-0.15, -0.1) is 5.10 Å². The Balaban J connectivity index is 1.85. The minimum atomic E-state index is 0.0263. The van der Waals surface area contributed by atoms with Crippen molar-refractivity contribution >= 4 is 28.5 Å². The van der Waals surface area contributed by atoms with Crippen LogP contribution in [0.5, 0.6) is 0 Å². The van der Waals surface area contributed by atoms with E-state index >= 15 is 0 Å². The zero-order valence-electron chi connectivity index (χ0n) is 11.1. The Morgan fingerprint density at radius 3 is 2.61 bits per heavy atom. The van der Waals surface area contributed by atoms with Crippen molar-refractivity contribution in [1.29, 1.82) is 0 Å². The first-order valence-electron chi connectivity index (χ1n) is 6.51. The number of hydrogen-bond donors (Lipinski definition) is 1. The fraction of sp³-hybridized carbons (Fsp3) is 0.769. The van der Waals surface area contributed by atoms with Crippen LogP contribution in [0.1, 0.15) is 40.0 Å². The average molecular weight is 265 g/mol. The van der Waals surface area contributed by atoms with Crippen molar-refractivity contribution in [3.63, 3.8) is 0 Å². The van der Waals surface area contributed by atoms with Crippen LogP contribution in [0.2, 0.25) is 0 Å². The maximum Gasteiger partial charge on any atom is 0.236 e. The van der Waals surface area contributed by atoms with Crippen LogP contribution in [0.25, 0.3) is 0 Å². The summed E-state index contributed by atoms with van der Waals surface area (Å²) < 4.78 is 0. The Kier molecular flexibility index (Phi) is 2.59. The van der Waals surface area contributed by atoms with Crippen molar-refractivity contribution in [1.82, 2.24) is 5.32 Å². The van der Waals surface area contributed by atoms with Crippen LogP contribution in [0.3, 0.4) is 0 Å². The molecule has 1 saturated heterocycles. The van der Waals surface area contributed by atoms with Gasteiger partial charge in [-0.2, -0.15) is 5.10 Å². The molecule has 1 aliphatic heterocycles. The molecule has 3 rings (SSSR count). The van der Waals surface area contributed by atoms with Crippen molar-refractivity contribution in [2.75, 3.05) is 5.75 Å². The van der Waals surface area contributed by atoms with Gasteiger partial charge < -0.3 is 5.32 Å². The number of carbonyl (C=O) groups excluding carboxylic acids is 1. The fourth-order valence-electron chi connectivity index (χ4n) is 3.56. The second kappa shape index (κ2) is 3.83. The van der Waals surface area contributed by atoms with E-state index in [1.165, 1.54) is 30.3 Å². The molecule has 4 nitrogen and oxygen atoms in total. The number of nitrogens with zero attached hydrogens (tertiary/aromatic N) is 2. The van der Waals surface area contributed by atoms with Gasteiger partial charge in [-0.05, 0) is 30.6 Å². The second-order valence-corrected chi connectivity index (χ2v) is 7.25. The van der Waals surface area contributed by atoms with Gasteiger partial charge in [0.1, 0.15) is 0 Å². The lowest BCUT2D eigenvalue weighted by molar-refractivity contribution is -0.116. The van der Waals surface area contributed by atoms with Gasteiger partial charge in [-0.3, -0.25) is 4.79 Å². The van der Waals surface area contributed by atoms with Crippen molar-refractivity contribution in [3.8, 4) is 0 Å². The van der Waals surface area contributed by atoms with Gasteiger partial charge in [-0.25, -0.2) is 0 Å². The van der Waals surface area contributed by atoms with Gasteiger partial charge in [0.25, 0.3) is 0 Å². The number of amidine groups is 1. The number of thioether (sulfide) groups is 1. The molecule has 2 saturated carbocycles. The maximum atomic E-state index is 11.1. The summed E-state index contributed by atoms with van der Waals surface area (Å²) in [5.41, 5.74) is 1.74. The van der Waals surface area contributed by atoms with E-state index < -0.39 is 0 Å². The third-order valence-electron chi connectivity index (χ3n) is 5.36. The summed E-state index contributed by atoms with van der Waals surface area (Å²) in [6, 6.07) is 0. The third kappa shape index (κ3) is 1.56. The van der Waals surface area contributed by atoms with E-state index in [2.05, 4.69) is 36.3 Å². The lowest BCUT2D eigenvalue weighted by Crippen LogP contribution is -2.32. The molecule has 2 atom stereocenters.